The fourth-order valence-electron chi connectivity index (χ4n) is 3.88. The number of nitriles is 1. The lowest BCUT2D eigenvalue weighted by molar-refractivity contribution is 0.0987. The third-order valence-electron chi connectivity index (χ3n) is 6.08. The topological polar surface area (TPSA) is 52.9 Å². The predicted octanol–water partition coefficient (Wildman–Crippen LogP) is 8.33. The number of hydrogen-bond donors (Lipinski definition) is 1. The molecule has 2 aromatic carbocycles. The Morgan fingerprint density at radius 3 is 2.41 bits per heavy atom. The van der Waals surface area contributed by atoms with Crippen molar-refractivity contribution in [2.45, 2.75) is 85.6 Å². The standard InChI is InChI=1S/C31H37FN2O.C2H6.H2/c1-5-8-9-10-11-12-13-23(4)22-34-28(21-33)18-27-17-16-26(20-30(27)32)25-15-14-24(6-2)29(19-25)31(35)7-3;1-2;/h5,14-17,19-20,23,28,34H,1,6-10,13,18,22H2,2-4H3;1-2H3;1H/t23-,28-;;/m0../s1. The van der Waals surface area contributed by atoms with E-state index in [1.54, 1.807) is 6.07 Å². The van der Waals surface area contributed by atoms with Crippen molar-refractivity contribution >= 4 is 5.78 Å². The van der Waals surface area contributed by atoms with Crippen LogP contribution in [-0.4, -0.2) is 18.4 Å². The normalized spacial score (nSPS) is 11.7. The zero-order valence-corrected chi connectivity index (χ0v) is 23.3. The number of unbranched alkanes of at least 4 members (excludes halogenated alkanes) is 2. The Labute approximate surface area is 225 Å². The highest BCUT2D eigenvalue weighted by atomic mass is 19.1. The fourth-order valence-corrected chi connectivity index (χ4v) is 3.88. The van der Waals surface area contributed by atoms with E-state index in [2.05, 4.69) is 36.7 Å². The number of carbonyl (C=O) groups excluding carboxylic acids is 1. The summed E-state index contributed by atoms with van der Waals surface area (Å²) in [5, 5.41) is 12.8. The SMILES string of the molecule is C=CCCCC#CC[C@H](C)CN[C@H](C#N)Cc1ccc(-c2ccc(CC)c(C(=O)CC)c2)cc1F.CC.[HH]. The van der Waals surface area contributed by atoms with Crippen LogP contribution in [0.2, 0.25) is 0 Å². The molecule has 0 aliphatic carbocycles. The Morgan fingerprint density at radius 2 is 1.81 bits per heavy atom. The number of nitrogens with zero attached hydrogens (tertiary/aromatic N) is 1. The number of Topliss-reactive ketones (excluding diaryl/α,β-unsaturated/α-hetero) is 1. The average molecular weight is 505 g/mol. The number of ketones is 1. The lowest BCUT2D eigenvalue weighted by Gasteiger charge is -2.16. The maximum absolute atomic E-state index is 15.0. The molecule has 0 aliphatic heterocycles. The monoisotopic (exact) mass is 504 g/mol. The fraction of sp³-hybridized carbons (Fsp3) is 0.455. The maximum Gasteiger partial charge on any atom is 0.162 e. The molecule has 0 saturated heterocycles. The zero-order chi connectivity index (χ0) is 27.6. The van der Waals surface area contributed by atoms with Gasteiger partial charge in [0, 0.05) is 32.7 Å². The quantitative estimate of drug-likeness (QED) is 0.129. The van der Waals surface area contributed by atoms with Gasteiger partial charge in [0.2, 0.25) is 0 Å². The van der Waals surface area contributed by atoms with Crippen LogP contribution in [0.25, 0.3) is 11.1 Å². The van der Waals surface area contributed by atoms with Crippen molar-refractivity contribution in [2.24, 2.45) is 5.92 Å². The molecular formula is C33H45FN2O. The molecule has 0 spiro atoms. The van der Waals surface area contributed by atoms with Crippen LogP contribution in [0.1, 0.15) is 89.6 Å². The number of halogens is 1. The van der Waals surface area contributed by atoms with E-state index in [1.165, 1.54) is 6.07 Å². The number of benzene rings is 2. The number of allylic oxidation sites excluding steroid dienone is 1. The summed E-state index contributed by atoms with van der Waals surface area (Å²) in [6.45, 7) is 14.3. The molecule has 3 nitrogen and oxygen atoms in total. The number of rotatable bonds is 13. The van der Waals surface area contributed by atoms with Gasteiger partial charge in [-0.05, 0) is 66.1 Å². The first kappa shape index (κ1) is 31.8. The molecule has 4 heteroatoms. The second-order valence-electron chi connectivity index (χ2n) is 8.95. The van der Waals surface area contributed by atoms with Gasteiger partial charge in [-0.25, -0.2) is 4.39 Å². The molecule has 2 rings (SSSR count). The molecule has 37 heavy (non-hydrogen) atoms. The molecule has 2 aromatic rings. The van der Waals surface area contributed by atoms with E-state index in [9.17, 15) is 14.4 Å². The number of aryl methyl sites for hydroxylation is 1. The molecule has 0 radical (unpaired) electrons. The van der Waals surface area contributed by atoms with Gasteiger partial charge in [0.25, 0.3) is 0 Å². The Kier molecular flexibility index (Phi) is 15.6. The van der Waals surface area contributed by atoms with Gasteiger partial charge in [-0.1, -0.05) is 65.0 Å². The van der Waals surface area contributed by atoms with Crippen molar-refractivity contribution < 1.29 is 10.6 Å². The van der Waals surface area contributed by atoms with Crippen LogP contribution in [0.15, 0.2) is 49.1 Å². The van der Waals surface area contributed by atoms with Crippen molar-refractivity contribution in [1.29, 1.82) is 5.26 Å². The van der Waals surface area contributed by atoms with E-state index < -0.39 is 6.04 Å². The molecule has 0 amide bonds. The Hall–Kier alpha value is -3.21. The first-order valence-electron chi connectivity index (χ1n) is 13.6. The third kappa shape index (κ3) is 10.7. The van der Waals surface area contributed by atoms with Crippen LogP contribution in [-0.2, 0) is 12.8 Å². The van der Waals surface area contributed by atoms with Gasteiger partial charge in [0.15, 0.2) is 5.78 Å². The number of nitrogens with one attached hydrogen (secondary N) is 1. The third-order valence-corrected chi connectivity index (χ3v) is 6.08. The molecule has 0 bridgehead atoms. The molecule has 0 aliphatic rings. The lowest BCUT2D eigenvalue weighted by atomic mass is 9.94. The van der Waals surface area contributed by atoms with Gasteiger partial charge in [0.1, 0.15) is 5.82 Å². The summed E-state index contributed by atoms with van der Waals surface area (Å²) in [7, 11) is 0. The van der Waals surface area contributed by atoms with Gasteiger partial charge in [-0.3, -0.25) is 4.79 Å². The Balaban J connectivity index is 0.00000445. The average Bonchev–Trinajstić information content (AvgIpc) is 2.93. The molecule has 200 valence electrons. The van der Waals surface area contributed by atoms with E-state index in [1.807, 2.05) is 58.0 Å². The number of carbonyl (C=O) groups is 1. The molecule has 0 aromatic heterocycles. The summed E-state index contributed by atoms with van der Waals surface area (Å²) in [4.78, 5) is 12.4. The molecule has 2 atom stereocenters. The minimum Gasteiger partial charge on any atom is -0.301 e. The van der Waals surface area contributed by atoms with Crippen LogP contribution in [0.5, 0.6) is 0 Å². The highest BCUT2D eigenvalue weighted by molar-refractivity contribution is 5.98. The highest BCUT2D eigenvalue weighted by Gasteiger charge is 2.15. The lowest BCUT2D eigenvalue weighted by Crippen LogP contribution is -2.33. The molecule has 0 fully saturated rings. The van der Waals surface area contributed by atoms with E-state index in [0.29, 0.717) is 30.0 Å². The Morgan fingerprint density at radius 1 is 1.14 bits per heavy atom. The molecule has 1 N–H and O–H groups in total. The van der Waals surface area contributed by atoms with Gasteiger partial charge in [0.05, 0.1) is 12.1 Å². The second kappa shape index (κ2) is 18.1. The maximum atomic E-state index is 15.0. The van der Waals surface area contributed by atoms with Crippen molar-refractivity contribution in [3.8, 4) is 29.0 Å². The number of hydrogen-bond acceptors (Lipinski definition) is 3. The highest BCUT2D eigenvalue weighted by Crippen LogP contribution is 2.26. The van der Waals surface area contributed by atoms with Crippen molar-refractivity contribution in [2.75, 3.05) is 6.54 Å². The van der Waals surface area contributed by atoms with Crippen LogP contribution >= 0.6 is 0 Å². The van der Waals surface area contributed by atoms with E-state index in [0.717, 1.165) is 48.8 Å². The predicted molar refractivity (Wildman–Crippen MR) is 156 cm³/mol. The van der Waals surface area contributed by atoms with Gasteiger partial charge >= 0.3 is 0 Å². The second-order valence-corrected chi connectivity index (χ2v) is 8.95. The van der Waals surface area contributed by atoms with Crippen molar-refractivity contribution in [3.63, 3.8) is 0 Å². The first-order valence-corrected chi connectivity index (χ1v) is 13.6. The molecule has 0 unspecified atom stereocenters. The molecule has 0 heterocycles. The van der Waals surface area contributed by atoms with E-state index in [-0.39, 0.29) is 19.4 Å². The Bertz CT molecular complexity index is 1110. The molecule has 0 saturated carbocycles. The van der Waals surface area contributed by atoms with Crippen LogP contribution in [0.3, 0.4) is 0 Å². The van der Waals surface area contributed by atoms with Gasteiger partial charge in [-0.15, -0.1) is 18.4 Å². The minimum atomic E-state index is -0.476. The van der Waals surface area contributed by atoms with Crippen molar-refractivity contribution in [1.82, 2.24) is 5.32 Å². The summed E-state index contributed by atoms with van der Waals surface area (Å²) in [5.74, 6) is 6.43. The first-order chi connectivity index (χ1) is 17.9. The van der Waals surface area contributed by atoms with E-state index in [4.69, 9.17) is 0 Å². The van der Waals surface area contributed by atoms with E-state index >= 15 is 0 Å². The van der Waals surface area contributed by atoms with Gasteiger partial charge < -0.3 is 5.32 Å². The zero-order valence-electron chi connectivity index (χ0n) is 23.3. The largest absolute Gasteiger partial charge is 0.301 e. The summed E-state index contributed by atoms with van der Waals surface area (Å²) < 4.78 is 15.0. The summed E-state index contributed by atoms with van der Waals surface area (Å²) >= 11 is 0. The van der Waals surface area contributed by atoms with Crippen LogP contribution in [0, 0.1) is 34.9 Å². The van der Waals surface area contributed by atoms with Crippen LogP contribution in [0.4, 0.5) is 4.39 Å². The smallest absolute Gasteiger partial charge is 0.162 e. The summed E-state index contributed by atoms with van der Waals surface area (Å²) in [6, 6.07) is 12.6. The van der Waals surface area contributed by atoms with Crippen LogP contribution < -0.4 is 5.32 Å². The molecular weight excluding hydrogens is 459 g/mol. The summed E-state index contributed by atoms with van der Waals surface area (Å²) in [6.07, 6.45) is 7.07. The van der Waals surface area contributed by atoms with Crippen molar-refractivity contribution in [3.05, 3.63) is 71.6 Å². The minimum absolute atomic E-state index is 0. The van der Waals surface area contributed by atoms with Gasteiger partial charge in [-0.2, -0.15) is 5.26 Å². The summed E-state index contributed by atoms with van der Waals surface area (Å²) in [5.41, 5.74) is 3.76.